The number of nitrogens with zero attached hydrogens (tertiary/aromatic N) is 2. The highest BCUT2D eigenvalue weighted by molar-refractivity contribution is 7.92. The van der Waals surface area contributed by atoms with E-state index in [9.17, 15) is 8.42 Å². The van der Waals surface area contributed by atoms with E-state index >= 15 is 0 Å². The van der Waals surface area contributed by atoms with Crippen molar-refractivity contribution in [2.24, 2.45) is 0 Å². The minimum Gasteiger partial charge on any atom is -0.384 e. The van der Waals surface area contributed by atoms with Crippen molar-refractivity contribution in [3.63, 3.8) is 0 Å². The van der Waals surface area contributed by atoms with E-state index in [-0.39, 0.29) is 23.3 Å². The van der Waals surface area contributed by atoms with E-state index in [0.29, 0.717) is 11.0 Å². The van der Waals surface area contributed by atoms with Crippen LogP contribution in [0.15, 0.2) is 24.3 Å². The molecule has 1 heterocycles. The Labute approximate surface area is 115 Å². The third-order valence-electron chi connectivity index (χ3n) is 2.34. The number of nitrogens with one attached hydrogen (secondary N) is 1. The molecule has 0 unspecified atom stereocenters. The molecule has 0 saturated carbocycles. The molecule has 0 saturated heterocycles. The minimum atomic E-state index is -3.55. The molecule has 2 rings (SSSR count). The largest absolute Gasteiger partial charge is 0.384 e. The second-order valence-corrected chi connectivity index (χ2v) is 5.97. The molecule has 0 aliphatic carbocycles. The Morgan fingerprint density at radius 3 is 2.53 bits per heavy atom. The molecule has 0 aliphatic heterocycles. The Kier molecular flexibility index (Phi) is 4.18. The Bertz CT molecular complexity index is 691. The first kappa shape index (κ1) is 14.0. The van der Waals surface area contributed by atoms with Gasteiger partial charge in [0.25, 0.3) is 0 Å². The van der Waals surface area contributed by atoms with Gasteiger partial charge in [-0.2, -0.15) is 0 Å². The molecule has 1 aromatic carbocycles. The highest BCUT2D eigenvalue weighted by Crippen LogP contribution is 2.21. The molecule has 19 heavy (non-hydrogen) atoms. The molecule has 102 valence electrons. The maximum absolute atomic E-state index is 11.7. The van der Waals surface area contributed by atoms with Crippen LogP contribution < -0.4 is 4.72 Å². The summed E-state index contributed by atoms with van der Waals surface area (Å²) in [4.78, 5) is 8.23. The fraction of sp³-hybridized carbons (Fsp3) is 0.273. The van der Waals surface area contributed by atoms with Gasteiger partial charge in [-0.05, 0) is 12.1 Å². The van der Waals surface area contributed by atoms with Crippen molar-refractivity contribution in [3.05, 3.63) is 29.4 Å². The summed E-state index contributed by atoms with van der Waals surface area (Å²) in [7, 11) is -2.12. The Morgan fingerprint density at radius 2 is 1.89 bits per heavy atom. The summed E-state index contributed by atoms with van der Waals surface area (Å²) in [6.45, 7) is 0.0912. The molecule has 0 spiro atoms. The first-order valence-corrected chi connectivity index (χ1v) is 7.46. The fourth-order valence-corrected chi connectivity index (χ4v) is 2.60. The lowest BCUT2D eigenvalue weighted by molar-refractivity contribution is 0.217. The molecule has 2 aromatic rings. The van der Waals surface area contributed by atoms with Crippen LogP contribution in [0.3, 0.4) is 0 Å². The van der Waals surface area contributed by atoms with Crippen LogP contribution in [0.4, 0.5) is 5.82 Å². The van der Waals surface area contributed by atoms with Gasteiger partial charge in [0.1, 0.15) is 0 Å². The van der Waals surface area contributed by atoms with Gasteiger partial charge in [0.05, 0.1) is 23.4 Å². The van der Waals surface area contributed by atoms with E-state index in [1.165, 1.54) is 7.11 Å². The molecule has 0 atom stereocenters. The van der Waals surface area contributed by atoms with E-state index in [2.05, 4.69) is 14.7 Å². The SMILES string of the molecule is COCCS(=O)(=O)Nc1nc2ccccc2nc1Cl. The average Bonchev–Trinajstić information content (AvgIpc) is 2.37. The molecule has 1 N–H and O–H groups in total. The zero-order valence-corrected chi connectivity index (χ0v) is 11.7. The summed E-state index contributed by atoms with van der Waals surface area (Å²) in [6, 6.07) is 7.06. The fourth-order valence-electron chi connectivity index (χ4n) is 1.43. The van der Waals surface area contributed by atoms with Crippen molar-refractivity contribution in [2.45, 2.75) is 0 Å². The highest BCUT2D eigenvalue weighted by atomic mass is 35.5. The molecular weight excluding hydrogens is 290 g/mol. The summed E-state index contributed by atoms with van der Waals surface area (Å²) in [6.07, 6.45) is 0. The van der Waals surface area contributed by atoms with Crippen molar-refractivity contribution in [1.82, 2.24) is 9.97 Å². The number of rotatable bonds is 5. The zero-order chi connectivity index (χ0) is 13.9. The van der Waals surface area contributed by atoms with Gasteiger partial charge >= 0.3 is 0 Å². The van der Waals surface area contributed by atoms with E-state index in [1.54, 1.807) is 24.3 Å². The van der Waals surface area contributed by atoms with Crippen LogP contribution in [0.25, 0.3) is 11.0 Å². The van der Waals surface area contributed by atoms with E-state index in [0.717, 1.165) is 0 Å². The van der Waals surface area contributed by atoms with E-state index in [1.807, 2.05) is 0 Å². The molecule has 1 aromatic heterocycles. The summed E-state index contributed by atoms with van der Waals surface area (Å²) in [5.74, 6) is -0.148. The van der Waals surface area contributed by atoms with Crippen LogP contribution in [0.5, 0.6) is 0 Å². The number of aromatic nitrogens is 2. The second-order valence-electron chi connectivity index (χ2n) is 3.77. The number of sulfonamides is 1. The predicted octanol–water partition coefficient (Wildman–Crippen LogP) is 1.67. The number of ether oxygens (including phenoxy) is 1. The number of hydrogen-bond acceptors (Lipinski definition) is 5. The second kappa shape index (κ2) is 5.68. The Balaban J connectivity index is 2.32. The van der Waals surface area contributed by atoms with Crippen molar-refractivity contribution in [1.29, 1.82) is 0 Å². The number of fused-ring (bicyclic) bond motifs is 1. The van der Waals surface area contributed by atoms with Crippen molar-refractivity contribution in [2.75, 3.05) is 24.2 Å². The molecule has 8 heteroatoms. The molecule has 0 fully saturated rings. The van der Waals surface area contributed by atoms with Crippen LogP contribution in [-0.4, -0.2) is 37.9 Å². The van der Waals surface area contributed by atoms with Gasteiger partial charge in [-0.1, -0.05) is 23.7 Å². The first-order valence-electron chi connectivity index (χ1n) is 5.43. The minimum absolute atomic E-state index is 0.0136. The van der Waals surface area contributed by atoms with Crippen molar-refractivity contribution < 1.29 is 13.2 Å². The number of halogens is 1. The molecule has 0 amide bonds. The number of methoxy groups -OCH3 is 1. The molecule has 0 radical (unpaired) electrons. The molecule has 6 nitrogen and oxygen atoms in total. The monoisotopic (exact) mass is 301 g/mol. The molecular formula is C11H12ClN3O3S. The third kappa shape index (κ3) is 3.52. The van der Waals surface area contributed by atoms with Crippen molar-refractivity contribution in [3.8, 4) is 0 Å². The smallest absolute Gasteiger partial charge is 0.236 e. The number of hydrogen-bond donors (Lipinski definition) is 1. The van der Waals surface area contributed by atoms with Gasteiger partial charge in [0.15, 0.2) is 11.0 Å². The van der Waals surface area contributed by atoms with Gasteiger partial charge in [-0.3, -0.25) is 4.72 Å². The lowest BCUT2D eigenvalue weighted by Gasteiger charge is -2.08. The maximum atomic E-state index is 11.7. The van der Waals surface area contributed by atoms with Crippen LogP contribution in [0, 0.1) is 0 Å². The lowest BCUT2D eigenvalue weighted by Crippen LogP contribution is -2.20. The van der Waals surface area contributed by atoms with Gasteiger partial charge in [-0.15, -0.1) is 0 Å². The highest BCUT2D eigenvalue weighted by Gasteiger charge is 2.15. The molecule has 0 bridgehead atoms. The standard InChI is InChI=1S/C11H12ClN3O3S/c1-18-6-7-19(16,17)15-11-10(12)13-8-4-2-3-5-9(8)14-11/h2-5H,6-7H2,1H3,(H,14,15). The van der Waals surface area contributed by atoms with Crippen LogP contribution in [0.1, 0.15) is 0 Å². The number of anilines is 1. The number of benzene rings is 1. The lowest BCUT2D eigenvalue weighted by atomic mass is 10.3. The first-order chi connectivity index (χ1) is 9.02. The normalized spacial score (nSPS) is 11.7. The zero-order valence-electron chi connectivity index (χ0n) is 10.1. The predicted molar refractivity (Wildman–Crippen MR) is 73.8 cm³/mol. The average molecular weight is 302 g/mol. The summed E-state index contributed by atoms with van der Waals surface area (Å²) in [5.41, 5.74) is 1.17. The third-order valence-corrected chi connectivity index (χ3v) is 3.81. The van der Waals surface area contributed by atoms with Crippen LogP contribution in [0.2, 0.25) is 5.15 Å². The van der Waals surface area contributed by atoms with Crippen molar-refractivity contribution >= 4 is 38.5 Å². The van der Waals surface area contributed by atoms with E-state index < -0.39 is 10.0 Å². The topological polar surface area (TPSA) is 81.2 Å². The quantitative estimate of drug-likeness (QED) is 0.908. The van der Waals surface area contributed by atoms with Gasteiger partial charge in [0, 0.05) is 7.11 Å². The number of para-hydroxylation sites is 2. The molecule has 0 aliphatic rings. The van der Waals surface area contributed by atoms with Crippen LogP contribution in [-0.2, 0) is 14.8 Å². The van der Waals surface area contributed by atoms with Crippen LogP contribution >= 0.6 is 11.6 Å². The summed E-state index contributed by atoms with van der Waals surface area (Å²) < 4.78 is 30.5. The maximum Gasteiger partial charge on any atom is 0.236 e. The van der Waals surface area contributed by atoms with Gasteiger partial charge in [-0.25, -0.2) is 18.4 Å². The van der Waals surface area contributed by atoms with Gasteiger partial charge in [0.2, 0.25) is 10.0 Å². The Morgan fingerprint density at radius 1 is 1.26 bits per heavy atom. The van der Waals surface area contributed by atoms with E-state index in [4.69, 9.17) is 16.3 Å². The summed E-state index contributed by atoms with van der Waals surface area (Å²) >= 11 is 5.91. The summed E-state index contributed by atoms with van der Waals surface area (Å²) in [5, 5.41) is 0.0136. The van der Waals surface area contributed by atoms with Gasteiger partial charge < -0.3 is 4.74 Å². The Hall–Kier alpha value is -1.44.